The maximum atomic E-state index is 12.2. The van der Waals surface area contributed by atoms with Crippen molar-refractivity contribution in [2.24, 2.45) is 0 Å². The Kier molecular flexibility index (Phi) is 8.35. The molecule has 0 bridgehead atoms. The number of ether oxygens (including phenoxy) is 2. The van der Waals surface area contributed by atoms with Gasteiger partial charge in [-0.2, -0.15) is 5.10 Å². The first-order chi connectivity index (χ1) is 17.9. The lowest BCUT2D eigenvalue weighted by atomic mass is 10.1. The monoisotopic (exact) mass is 518 g/mol. The number of allylic oxidation sites excluding steroid dienone is 2. The summed E-state index contributed by atoms with van der Waals surface area (Å²) in [6.45, 7) is 5.36. The number of benzene rings is 2. The molecule has 1 amide bonds. The average Bonchev–Trinajstić information content (AvgIpc) is 3.29. The Morgan fingerprint density at radius 2 is 1.95 bits per heavy atom. The van der Waals surface area contributed by atoms with Crippen molar-refractivity contribution in [3.8, 4) is 0 Å². The van der Waals surface area contributed by atoms with Crippen LogP contribution in [0, 0.1) is 0 Å². The van der Waals surface area contributed by atoms with Crippen LogP contribution in [0.15, 0.2) is 82.8 Å². The standard InChI is InChI=1S/C28H30N4O4S/c1-18(2)35-28(34)36-19(3)32-16-8-7-9-20(32)12-15-24-22-14-13-21(17-25(22)31-30-24)37-26-11-6-5-10-23(26)27(33)29-4/h5-20H,1-4H3,(H,29,33)(H,30,31)/b15-12+. The van der Waals surface area contributed by atoms with Gasteiger partial charge in [0.2, 0.25) is 0 Å². The van der Waals surface area contributed by atoms with Crippen molar-refractivity contribution in [3.05, 3.63) is 84.2 Å². The summed E-state index contributed by atoms with van der Waals surface area (Å²) in [6.07, 6.45) is 10.2. The van der Waals surface area contributed by atoms with Crippen LogP contribution in [-0.2, 0) is 9.47 Å². The van der Waals surface area contributed by atoms with E-state index in [0.29, 0.717) is 5.56 Å². The summed E-state index contributed by atoms with van der Waals surface area (Å²) in [7, 11) is 1.63. The molecule has 0 spiro atoms. The molecule has 8 nitrogen and oxygen atoms in total. The van der Waals surface area contributed by atoms with E-state index in [2.05, 4.69) is 15.5 Å². The van der Waals surface area contributed by atoms with Gasteiger partial charge >= 0.3 is 6.16 Å². The van der Waals surface area contributed by atoms with E-state index in [0.717, 1.165) is 26.4 Å². The zero-order valence-electron chi connectivity index (χ0n) is 21.2. The van der Waals surface area contributed by atoms with Gasteiger partial charge in [0.25, 0.3) is 5.91 Å². The van der Waals surface area contributed by atoms with Crippen LogP contribution in [0.4, 0.5) is 4.79 Å². The van der Waals surface area contributed by atoms with E-state index in [-0.39, 0.29) is 18.1 Å². The lowest BCUT2D eigenvalue weighted by Gasteiger charge is -2.33. The highest BCUT2D eigenvalue weighted by molar-refractivity contribution is 7.99. The van der Waals surface area contributed by atoms with Crippen LogP contribution >= 0.6 is 11.8 Å². The van der Waals surface area contributed by atoms with Crippen molar-refractivity contribution in [1.29, 1.82) is 0 Å². The van der Waals surface area contributed by atoms with Crippen LogP contribution in [0.5, 0.6) is 0 Å². The Balaban J connectivity index is 1.49. The van der Waals surface area contributed by atoms with Crippen molar-refractivity contribution in [2.75, 3.05) is 7.05 Å². The molecule has 2 heterocycles. The third-order valence-electron chi connectivity index (χ3n) is 5.64. The predicted octanol–water partition coefficient (Wildman–Crippen LogP) is 5.75. The van der Waals surface area contributed by atoms with E-state index in [1.165, 1.54) is 11.8 Å². The highest BCUT2D eigenvalue weighted by atomic mass is 32.2. The molecule has 192 valence electrons. The van der Waals surface area contributed by atoms with Gasteiger partial charge in [-0.3, -0.25) is 9.89 Å². The number of carbonyl (C=O) groups is 2. The van der Waals surface area contributed by atoms with Gasteiger partial charge < -0.3 is 19.7 Å². The van der Waals surface area contributed by atoms with Crippen LogP contribution in [0.25, 0.3) is 17.0 Å². The molecule has 1 aliphatic rings. The fourth-order valence-electron chi connectivity index (χ4n) is 3.88. The second kappa shape index (κ2) is 11.8. The van der Waals surface area contributed by atoms with E-state index in [4.69, 9.17) is 9.47 Å². The maximum Gasteiger partial charge on any atom is 0.510 e. The van der Waals surface area contributed by atoms with E-state index in [1.807, 2.05) is 83.9 Å². The van der Waals surface area contributed by atoms with E-state index in [1.54, 1.807) is 27.8 Å². The van der Waals surface area contributed by atoms with Gasteiger partial charge in [0.15, 0.2) is 6.23 Å². The molecular formula is C28H30N4O4S. The minimum atomic E-state index is -0.696. The first-order valence-electron chi connectivity index (χ1n) is 12.0. The van der Waals surface area contributed by atoms with Crippen LogP contribution in [0.1, 0.15) is 36.8 Å². The second-order valence-electron chi connectivity index (χ2n) is 8.65. The highest BCUT2D eigenvalue weighted by Gasteiger charge is 2.22. The molecule has 0 saturated carbocycles. The lowest BCUT2D eigenvalue weighted by molar-refractivity contribution is -0.0346. The van der Waals surface area contributed by atoms with Gasteiger partial charge in [0.1, 0.15) is 0 Å². The molecule has 0 fully saturated rings. The average molecular weight is 519 g/mol. The summed E-state index contributed by atoms with van der Waals surface area (Å²) in [6, 6.07) is 13.5. The molecule has 2 atom stereocenters. The first kappa shape index (κ1) is 26.1. The summed E-state index contributed by atoms with van der Waals surface area (Å²) in [4.78, 5) is 28.0. The van der Waals surface area contributed by atoms with Crippen LogP contribution < -0.4 is 5.32 Å². The molecular weight excluding hydrogens is 488 g/mol. The van der Waals surface area contributed by atoms with Crippen molar-refractivity contribution in [2.45, 2.75) is 48.9 Å². The number of carbonyl (C=O) groups excluding carboxylic acids is 2. The zero-order chi connectivity index (χ0) is 26.4. The summed E-state index contributed by atoms with van der Waals surface area (Å²) < 4.78 is 10.5. The third-order valence-corrected chi connectivity index (χ3v) is 6.71. The van der Waals surface area contributed by atoms with Crippen molar-refractivity contribution in [3.63, 3.8) is 0 Å². The molecule has 2 unspecified atom stereocenters. The summed E-state index contributed by atoms with van der Waals surface area (Å²) >= 11 is 1.53. The number of nitrogens with one attached hydrogen (secondary N) is 2. The molecule has 0 aliphatic carbocycles. The topological polar surface area (TPSA) is 96.6 Å². The highest BCUT2D eigenvalue weighted by Crippen LogP contribution is 2.33. The molecule has 37 heavy (non-hydrogen) atoms. The lowest BCUT2D eigenvalue weighted by Crippen LogP contribution is -2.39. The molecule has 1 aliphatic heterocycles. The Hall–Kier alpha value is -3.98. The zero-order valence-corrected chi connectivity index (χ0v) is 22.0. The van der Waals surface area contributed by atoms with Crippen molar-refractivity contribution in [1.82, 2.24) is 20.4 Å². The number of hydrogen-bond acceptors (Lipinski definition) is 7. The number of H-pyrrole nitrogens is 1. The summed E-state index contributed by atoms with van der Waals surface area (Å²) in [5.41, 5.74) is 2.33. The van der Waals surface area contributed by atoms with Crippen LogP contribution in [-0.4, -0.2) is 52.6 Å². The maximum absolute atomic E-state index is 12.2. The SMILES string of the molecule is CNC(=O)c1ccccc1Sc1ccc2c(/C=C/C3C=CC=CN3C(C)OC(=O)OC(C)C)n[nH]c2c1. The normalized spacial score (nSPS) is 15.9. The molecule has 4 rings (SSSR count). The molecule has 0 radical (unpaired) electrons. The van der Waals surface area contributed by atoms with Gasteiger partial charge in [-0.25, -0.2) is 4.79 Å². The molecule has 1 aromatic heterocycles. The van der Waals surface area contributed by atoms with Gasteiger partial charge in [0.05, 0.1) is 28.9 Å². The van der Waals surface area contributed by atoms with E-state index < -0.39 is 12.4 Å². The largest absolute Gasteiger partial charge is 0.510 e. The fourth-order valence-corrected chi connectivity index (χ4v) is 4.86. The molecule has 9 heteroatoms. The van der Waals surface area contributed by atoms with Gasteiger partial charge in [-0.1, -0.05) is 42.1 Å². The van der Waals surface area contributed by atoms with Crippen LogP contribution in [0.3, 0.4) is 0 Å². The minimum absolute atomic E-state index is 0.115. The Morgan fingerprint density at radius 3 is 2.73 bits per heavy atom. The second-order valence-corrected chi connectivity index (χ2v) is 9.77. The minimum Gasteiger partial charge on any atom is -0.432 e. The predicted molar refractivity (Wildman–Crippen MR) is 145 cm³/mol. The molecule has 3 aromatic rings. The number of fused-ring (bicyclic) bond motifs is 1. The van der Waals surface area contributed by atoms with Crippen molar-refractivity contribution >= 4 is 40.8 Å². The summed E-state index contributed by atoms with van der Waals surface area (Å²) in [5, 5.41) is 11.3. The first-order valence-corrected chi connectivity index (χ1v) is 12.8. The number of rotatable bonds is 8. The fraction of sp³-hybridized carbons (Fsp3) is 0.250. The number of aromatic nitrogens is 2. The number of hydrogen-bond donors (Lipinski definition) is 2. The Bertz CT molecular complexity index is 1360. The van der Waals surface area contributed by atoms with Gasteiger partial charge in [-0.05, 0) is 63.3 Å². The van der Waals surface area contributed by atoms with Gasteiger partial charge in [-0.15, -0.1) is 0 Å². The third kappa shape index (κ3) is 6.42. The number of nitrogens with zero attached hydrogens (tertiary/aromatic N) is 2. The quantitative estimate of drug-likeness (QED) is 0.367. The smallest absolute Gasteiger partial charge is 0.432 e. The van der Waals surface area contributed by atoms with Crippen molar-refractivity contribution < 1.29 is 19.1 Å². The van der Waals surface area contributed by atoms with E-state index >= 15 is 0 Å². The number of aromatic amines is 1. The van der Waals surface area contributed by atoms with E-state index in [9.17, 15) is 9.59 Å². The molecule has 0 saturated heterocycles. The Morgan fingerprint density at radius 1 is 1.14 bits per heavy atom. The number of amides is 1. The Labute approximate surface area is 220 Å². The molecule has 2 N–H and O–H groups in total. The van der Waals surface area contributed by atoms with Gasteiger partial charge in [0, 0.05) is 28.4 Å². The van der Waals surface area contributed by atoms with Crippen LogP contribution in [0.2, 0.25) is 0 Å². The summed E-state index contributed by atoms with van der Waals surface area (Å²) in [5.74, 6) is -0.115. The molecule has 2 aromatic carbocycles.